The molecule has 0 saturated heterocycles. The van der Waals surface area contributed by atoms with Crippen molar-refractivity contribution >= 4 is 17.3 Å². The maximum atomic E-state index is 5.43. The van der Waals surface area contributed by atoms with Crippen molar-refractivity contribution in [1.29, 1.82) is 0 Å². The number of rotatable bonds is 5. The molecule has 0 fully saturated rings. The standard InChI is InChI=1S/C34H34OS/c1-21(2)25-11-17-29-30-18-12-26(22(3)4)20-32(30)34(31(29)19-25,27-13-7-23(5)8-14-27)28-15-9-24(10-16-28)33(36)35-6/h7-22H,1-6H3. The van der Waals surface area contributed by atoms with E-state index < -0.39 is 5.41 Å². The van der Waals surface area contributed by atoms with Crippen molar-refractivity contribution in [3.8, 4) is 11.1 Å². The van der Waals surface area contributed by atoms with E-state index in [-0.39, 0.29) is 0 Å². The summed E-state index contributed by atoms with van der Waals surface area (Å²) in [5.74, 6) is 0.893. The fourth-order valence-electron chi connectivity index (χ4n) is 5.64. The highest BCUT2D eigenvalue weighted by Crippen LogP contribution is 2.57. The monoisotopic (exact) mass is 490 g/mol. The number of methoxy groups -OCH3 is 1. The maximum Gasteiger partial charge on any atom is 0.190 e. The number of fused-ring (bicyclic) bond motifs is 3. The maximum absolute atomic E-state index is 5.43. The average molecular weight is 491 g/mol. The molecule has 4 aromatic rings. The average Bonchev–Trinajstić information content (AvgIpc) is 3.18. The van der Waals surface area contributed by atoms with Crippen LogP contribution in [0.4, 0.5) is 0 Å². The molecule has 0 N–H and O–H groups in total. The summed E-state index contributed by atoms with van der Waals surface area (Å²) < 4.78 is 5.35. The Kier molecular flexibility index (Phi) is 6.34. The topological polar surface area (TPSA) is 9.23 Å². The smallest absolute Gasteiger partial charge is 0.190 e. The molecule has 0 saturated carbocycles. The van der Waals surface area contributed by atoms with Gasteiger partial charge >= 0.3 is 0 Å². The zero-order valence-electron chi connectivity index (χ0n) is 22.1. The predicted octanol–water partition coefficient (Wildman–Crippen LogP) is 8.93. The summed E-state index contributed by atoms with van der Waals surface area (Å²) in [5.41, 5.74) is 12.4. The van der Waals surface area contributed by atoms with Crippen LogP contribution in [0.5, 0.6) is 0 Å². The van der Waals surface area contributed by atoms with Crippen molar-refractivity contribution in [2.24, 2.45) is 0 Å². The zero-order chi connectivity index (χ0) is 25.6. The number of benzene rings is 4. The number of ether oxygens (including phenoxy) is 1. The van der Waals surface area contributed by atoms with Crippen molar-refractivity contribution in [2.45, 2.75) is 51.9 Å². The van der Waals surface area contributed by atoms with E-state index in [1.165, 1.54) is 50.1 Å². The van der Waals surface area contributed by atoms with Gasteiger partial charge in [-0.2, -0.15) is 0 Å². The molecule has 1 aliphatic carbocycles. The zero-order valence-corrected chi connectivity index (χ0v) is 22.9. The van der Waals surface area contributed by atoms with Gasteiger partial charge in [-0.1, -0.05) is 118 Å². The molecular weight excluding hydrogens is 456 g/mol. The molecule has 4 aromatic carbocycles. The second-order valence-electron chi connectivity index (χ2n) is 10.6. The molecule has 0 radical (unpaired) electrons. The molecule has 182 valence electrons. The van der Waals surface area contributed by atoms with Gasteiger partial charge in [0.05, 0.1) is 12.5 Å². The predicted molar refractivity (Wildman–Crippen MR) is 155 cm³/mol. The van der Waals surface area contributed by atoms with Crippen molar-refractivity contribution < 1.29 is 4.74 Å². The molecule has 0 spiro atoms. The van der Waals surface area contributed by atoms with E-state index in [0.29, 0.717) is 16.9 Å². The molecule has 0 aromatic heterocycles. The van der Waals surface area contributed by atoms with Crippen LogP contribution >= 0.6 is 12.2 Å². The summed E-state index contributed by atoms with van der Waals surface area (Å²) in [6.07, 6.45) is 0. The van der Waals surface area contributed by atoms with E-state index in [9.17, 15) is 0 Å². The molecule has 5 rings (SSSR count). The first kappa shape index (κ1) is 24.5. The normalized spacial score (nSPS) is 13.6. The van der Waals surface area contributed by atoms with Crippen LogP contribution in [0.3, 0.4) is 0 Å². The van der Waals surface area contributed by atoms with Gasteiger partial charge in [0.25, 0.3) is 0 Å². The van der Waals surface area contributed by atoms with Crippen LogP contribution in [0, 0.1) is 6.92 Å². The van der Waals surface area contributed by atoms with E-state index in [4.69, 9.17) is 17.0 Å². The van der Waals surface area contributed by atoms with Crippen molar-refractivity contribution in [3.63, 3.8) is 0 Å². The molecule has 0 atom stereocenters. The van der Waals surface area contributed by atoms with Crippen LogP contribution in [0.1, 0.15) is 84.0 Å². The van der Waals surface area contributed by atoms with Gasteiger partial charge in [0, 0.05) is 5.56 Å². The second kappa shape index (κ2) is 9.33. The van der Waals surface area contributed by atoms with Gasteiger partial charge in [0.15, 0.2) is 5.05 Å². The van der Waals surface area contributed by atoms with Gasteiger partial charge < -0.3 is 4.74 Å². The highest BCUT2D eigenvalue weighted by molar-refractivity contribution is 7.80. The molecular formula is C34H34OS. The molecule has 36 heavy (non-hydrogen) atoms. The molecule has 0 heterocycles. The van der Waals surface area contributed by atoms with Crippen LogP contribution in [-0.4, -0.2) is 12.2 Å². The minimum atomic E-state index is -0.415. The van der Waals surface area contributed by atoms with Gasteiger partial charge in [-0.05, 0) is 75.5 Å². The minimum Gasteiger partial charge on any atom is -0.486 e. The third-order valence-corrected chi connectivity index (χ3v) is 8.14. The van der Waals surface area contributed by atoms with E-state index in [1.54, 1.807) is 7.11 Å². The Labute approximate surface area is 221 Å². The third-order valence-electron chi connectivity index (χ3n) is 7.74. The Morgan fingerprint density at radius 2 is 1.11 bits per heavy atom. The highest BCUT2D eigenvalue weighted by Gasteiger charge is 2.46. The number of aryl methyl sites for hydroxylation is 1. The summed E-state index contributed by atoms with van der Waals surface area (Å²) >= 11 is 5.43. The molecule has 0 amide bonds. The fourth-order valence-corrected chi connectivity index (χ4v) is 5.78. The Bertz CT molecular complexity index is 1370. The van der Waals surface area contributed by atoms with Gasteiger partial charge in [-0.25, -0.2) is 0 Å². The van der Waals surface area contributed by atoms with E-state index in [0.717, 1.165) is 5.56 Å². The third kappa shape index (κ3) is 3.79. The molecule has 0 aliphatic heterocycles. The van der Waals surface area contributed by atoms with Crippen molar-refractivity contribution in [3.05, 3.63) is 129 Å². The first-order valence-electron chi connectivity index (χ1n) is 12.8. The summed E-state index contributed by atoms with van der Waals surface area (Å²) in [7, 11) is 1.63. The molecule has 1 nitrogen and oxygen atoms in total. The van der Waals surface area contributed by atoms with Crippen molar-refractivity contribution in [2.75, 3.05) is 7.11 Å². The van der Waals surface area contributed by atoms with Crippen LogP contribution in [-0.2, 0) is 10.2 Å². The van der Waals surface area contributed by atoms with E-state index in [1.807, 2.05) is 0 Å². The van der Waals surface area contributed by atoms with E-state index >= 15 is 0 Å². The SMILES string of the molecule is COC(=S)c1ccc(C2(c3ccc(C)cc3)c3cc(C(C)C)ccc3-c3ccc(C(C)C)cc32)cc1. The van der Waals surface area contributed by atoms with Crippen LogP contribution < -0.4 is 0 Å². The van der Waals surface area contributed by atoms with Crippen molar-refractivity contribution in [1.82, 2.24) is 0 Å². The van der Waals surface area contributed by atoms with Crippen LogP contribution in [0.2, 0.25) is 0 Å². The lowest BCUT2D eigenvalue weighted by Gasteiger charge is -2.35. The highest BCUT2D eigenvalue weighted by atomic mass is 32.1. The Morgan fingerprint density at radius 1 is 0.667 bits per heavy atom. The largest absolute Gasteiger partial charge is 0.486 e. The van der Waals surface area contributed by atoms with E-state index in [2.05, 4.69) is 120 Å². The minimum absolute atomic E-state index is 0.415. The second-order valence-corrected chi connectivity index (χ2v) is 11.0. The van der Waals surface area contributed by atoms with Gasteiger partial charge in [-0.15, -0.1) is 0 Å². The molecule has 1 aliphatic rings. The lowest BCUT2D eigenvalue weighted by molar-refractivity contribution is 0.416. The number of hydrogen-bond acceptors (Lipinski definition) is 2. The summed E-state index contributed by atoms with van der Waals surface area (Å²) in [6, 6.07) is 32.0. The Hall–Kier alpha value is -3.23. The summed E-state index contributed by atoms with van der Waals surface area (Å²) in [6.45, 7) is 11.2. The first-order valence-corrected chi connectivity index (χ1v) is 13.2. The Morgan fingerprint density at radius 3 is 1.53 bits per heavy atom. The lowest BCUT2D eigenvalue weighted by Crippen LogP contribution is -2.29. The summed E-state index contributed by atoms with van der Waals surface area (Å²) in [4.78, 5) is 0. The fraction of sp³-hybridized carbons (Fsp3) is 0.265. The number of thiocarbonyl (C=S) groups is 1. The molecule has 0 unspecified atom stereocenters. The lowest BCUT2D eigenvalue weighted by atomic mass is 9.67. The van der Waals surface area contributed by atoms with Crippen LogP contribution in [0.25, 0.3) is 11.1 Å². The Balaban J connectivity index is 1.91. The van der Waals surface area contributed by atoms with Crippen LogP contribution in [0.15, 0.2) is 84.9 Å². The van der Waals surface area contributed by atoms with Gasteiger partial charge in [-0.3, -0.25) is 0 Å². The van der Waals surface area contributed by atoms with Gasteiger partial charge in [0.2, 0.25) is 0 Å². The number of hydrogen-bond donors (Lipinski definition) is 0. The molecule has 2 heteroatoms. The quantitative estimate of drug-likeness (QED) is 0.227. The first-order chi connectivity index (χ1) is 17.3. The summed E-state index contributed by atoms with van der Waals surface area (Å²) in [5, 5.41) is 0.516. The van der Waals surface area contributed by atoms with Gasteiger partial charge in [0.1, 0.15) is 0 Å². The molecule has 0 bridgehead atoms.